The Morgan fingerprint density at radius 3 is 2.82 bits per heavy atom. The van der Waals surface area contributed by atoms with Gasteiger partial charge in [-0.25, -0.2) is 0 Å². The standard InChI is InChI=1S/C13H15ClN2O/c14-11-1-2-12(10(7-11)8-15)16-9-13(3-4-13)5-6-17/h1-2,7,16-17H,3-6,9H2. The van der Waals surface area contributed by atoms with Gasteiger partial charge in [0.15, 0.2) is 0 Å². The van der Waals surface area contributed by atoms with Gasteiger partial charge in [-0.05, 0) is 42.9 Å². The molecule has 0 spiro atoms. The number of nitriles is 1. The Morgan fingerprint density at radius 1 is 1.47 bits per heavy atom. The van der Waals surface area contributed by atoms with Crippen LogP contribution in [-0.4, -0.2) is 18.3 Å². The molecule has 0 radical (unpaired) electrons. The minimum absolute atomic E-state index is 0.230. The van der Waals surface area contributed by atoms with E-state index in [9.17, 15) is 0 Å². The predicted octanol–water partition coefficient (Wildman–Crippen LogP) is 2.79. The number of hydrogen-bond acceptors (Lipinski definition) is 3. The number of benzene rings is 1. The lowest BCUT2D eigenvalue weighted by molar-refractivity contribution is 0.253. The van der Waals surface area contributed by atoms with Crippen molar-refractivity contribution < 1.29 is 5.11 Å². The number of halogens is 1. The molecule has 0 amide bonds. The zero-order valence-corrected chi connectivity index (χ0v) is 10.3. The fourth-order valence-corrected chi connectivity index (χ4v) is 2.15. The van der Waals surface area contributed by atoms with Gasteiger partial charge in [-0.1, -0.05) is 11.6 Å². The molecule has 0 saturated heterocycles. The molecule has 2 rings (SSSR count). The van der Waals surface area contributed by atoms with Gasteiger partial charge in [-0.3, -0.25) is 0 Å². The molecule has 1 aliphatic rings. The highest BCUT2D eigenvalue weighted by Crippen LogP contribution is 2.48. The lowest BCUT2D eigenvalue weighted by Crippen LogP contribution is -2.17. The van der Waals surface area contributed by atoms with Crippen molar-refractivity contribution >= 4 is 17.3 Å². The first-order valence-corrected chi connectivity index (χ1v) is 6.11. The number of hydrogen-bond donors (Lipinski definition) is 2. The Bertz CT molecular complexity index is 449. The van der Waals surface area contributed by atoms with Crippen LogP contribution in [0.15, 0.2) is 18.2 Å². The molecule has 3 nitrogen and oxygen atoms in total. The molecule has 0 aromatic heterocycles. The average Bonchev–Trinajstić information content (AvgIpc) is 3.08. The lowest BCUT2D eigenvalue weighted by atomic mass is 10.0. The Labute approximate surface area is 106 Å². The first-order chi connectivity index (χ1) is 8.19. The Kier molecular flexibility index (Phi) is 3.56. The van der Waals surface area contributed by atoms with E-state index in [1.165, 1.54) is 0 Å². The van der Waals surface area contributed by atoms with Gasteiger partial charge >= 0.3 is 0 Å². The molecule has 1 aromatic carbocycles. The second kappa shape index (κ2) is 4.95. The second-order valence-corrected chi connectivity index (χ2v) is 5.07. The van der Waals surface area contributed by atoms with Crippen LogP contribution in [0.5, 0.6) is 0 Å². The van der Waals surface area contributed by atoms with Crippen molar-refractivity contribution in [1.29, 1.82) is 5.26 Å². The molecule has 90 valence electrons. The molecule has 0 bridgehead atoms. The molecule has 1 aromatic rings. The van der Waals surface area contributed by atoms with Gasteiger partial charge in [0, 0.05) is 18.2 Å². The number of anilines is 1. The monoisotopic (exact) mass is 250 g/mol. The van der Waals surface area contributed by atoms with Crippen LogP contribution in [0.25, 0.3) is 0 Å². The van der Waals surface area contributed by atoms with E-state index >= 15 is 0 Å². The third-order valence-electron chi connectivity index (χ3n) is 3.36. The molecule has 1 fully saturated rings. The molecule has 0 atom stereocenters. The maximum Gasteiger partial charge on any atom is 0.101 e. The summed E-state index contributed by atoms with van der Waals surface area (Å²) in [6.45, 7) is 1.04. The minimum Gasteiger partial charge on any atom is -0.396 e. The summed E-state index contributed by atoms with van der Waals surface area (Å²) in [6.07, 6.45) is 3.13. The van der Waals surface area contributed by atoms with Crippen LogP contribution in [-0.2, 0) is 0 Å². The van der Waals surface area contributed by atoms with Crippen molar-refractivity contribution in [3.05, 3.63) is 28.8 Å². The molecule has 1 aliphatic carbocycles. The van der Waals surface area contributed by atoms with Crippen molar-refractivity contribution in [2.75, 3.05) is 18.5 Å². The van der Waals surface area contributed by atoms with Crippen LogP contribution in [0.1, 0.15) is 24.8 Å². The third-order valence-corrected chi connectivity index (χ3v) is 3.59. The van der Waals surface area contributed by atoms with E-state index in [4.69, 9.17) is 22.0 Å². The number of aliphatic hydroxyl groups excluding tert-OH is 1. The van der Waals surface area contributed by atoms with Crippen molar-refractivity contribution in [3.63, 3.8) is 0 Å². The van der Waals surface area contributed by atoms with Crippen molar-refractivity contribution in [1.82, 2.24) is 0 Å². The van der Waals surface area contributed by atoms with Gasteiger partial charge in [-0.2, -0.15) is 5.26 Å². The maximum absolute atomic E-state index is 9.00. The molecule has 0 unspecified atom stereocenters. The van der Waals surface area contributed by atoms with Gasteiger partial charge in [0.05, 0.1) is 11.3 Å². The first-order valence-electron chi connectivity index (χ1n) is 5.73. The third kappa shape index (κ3) is 2.91. The quantitative estimate of drug-likeness (QED) is 0.845. The first kappa shape index (κ1) is 12.2. The summed E-state index contributed by atoms with van der Waals surface area (Å²) in [7, 11) is 0. The second-order valence-electron chi connectivity index (χ2n) is 4.63. The van der Waals surface area contributed by atoms with Gasteiger partial charge < -0.3 is 10.4 Å². The number of rotatable bonds is 5. The normalized spacial score (nSPS) is 16.3. The number of aliphatic hydroxyl groups is 1. The van der Waals surface area contributed by atoms with Crippen molar-refractivity contribution in [2.24, 2.45) is 5.41 Å². The highest BCUT2D eigenvalue weighted by molar-refractivity contribution is 6.30. The van der Waals surface area contributed by atoms with Crippen LogP contribution in [0, 0.1) is 16.7 Å². The largest absolute Gasteiger partial charge is 0.396 e. The number of nitrogens with one attached hydrogen (secondary N) is 1. The maximum atomic E-state index is 9.00. The predicted molar refractivity (Wildman–Crippen MR) is 68.0 cm³/mol. The van der Waals surface area contributed by atoms with E-state index in [2.05, 4.69) is 11.4 Å². The molecule has 0 aliphatic heterocycles. The smallest absolute Gasteiger partial charge is 0.101 e. The van der Waals surface area contributed by atoms with Crippen LogP contribution in [0.3, 0.4) is 0 Å². The Morgan fingerprint density at radius 2 is 2.24 bits per heavy atom. The van der Waals surface area contributed by atoms with E-state index in [0.717, 1.165) is 31.5 Å². The van der Waals surface area contributed by atoms with Gasteiger partial charge in [-0.15, -0.1) is 0 Å². The van der Waals surface area contributed by atoms with Crippen molar-refractivity contribution in [2.45, 2.75) is 19.3 Å². The van der Waals surface area contributed by atoms with Gasteiger partial charge in [0.2, 0.25) is 0 Å². The molecule has 2 N–H and O–H groups in total. The zero-order valence-electron chi connectivity index (χ0n) is 9.54. The van der Waals surface area contributed by atoms with Crippen molar-refractivity contribution in [3.8, 4) is 6.07 Å². The molecule has 1 saturated carbocycles. The molecule has 0 heterocycles. The highest BCUT2D eigenvalue weighted by atomic mass is 35.5. The highest BCUT2D eigenvalue weighted by Gasteiger charge is 2.41. The van der Waals surface area contributed by atoms with Crippen LogP contribution in [0.2, 0.25) is 5.02 Å². The summed E-state index contributed by atoms with van der Waals surface area (Å²) < 4.78 is 0. The minimum atomic E-state index is 0.230. The van der Waals surface area contributed by atoms with E-state index in [-0.39, 0.29) is 12.0 Å². The SMILES string of the molecule is N#Cc1cc(Cl)ccc1NCC1(CCO)CC1. The van der Waals surface area contributed by atoms with E-state index in [1.807, 2.05) is 6.07 Å². The van der Waals surface area contributed by atoms with Crippen LogP contribution >= 0.6 is 11.6 Å². The van der Waals surface area contributed by atoms with Gasteiger partial charge in [0.25, 0.3) is 0 Å². The molecule has 4 heteroatoms. The Balaban J connectivity index is 2.02. The van der Waals surface area contributed by atoms with Gasteiger partial charge in [0.1, 0.15) is 6.07 Å². The average molecular weight is 251 g/mol. The summed E-state index contributed by atoms with van der Waals surface area (Å²) in [6, 6.07) is 7.39. The number of nitrogens with zero attached hydrogens (tertiary/aromatic N) is 1. The molecule has 17 heavy (non-hydrogen) atoms. The van der Waals surface area contributed by atoms with Crippen LogP contribution < -0.4 is 5.32 Å². The van der Waals surface area contributed by atoms with E-state index < -0.39 is 0 Å². The topological polar surface area (TPSA) is 56.0 Å². The van der Waals surface area contributed by atoms with E-state index in [0.29, 0.717) is 10.6 Å². The molecular weight excluding hydrogens is 236 g/mol. The Hall–Kier alpha value is -1.24. The fourth-order valence-electron chi connectivity index (χ4n) is 1.97. The van der Waals surface area contributed by atoms with E-state index in [1.54, 1.807) is 12.1 Å². The summed E-state index contributed by atoms with van der Waals surface area (Å²) in [5.74, 6) is 0. The molecular formula is C13H15ClN2O. The lowest BCUT2D eigenvalue weighted by Gasteiger charge is -2.16. The fraction of sp³-hybridized carbons (Fsp3) is 0.462. The summed E-state index contributed by atoms with van der Waals surface area (Å²) >= 11 is 5.84. The zero-order chi connectivity index (χ0) is 12.3. The summed E-state index contributed by atoms with van der Waals surface area (Å²) in [5, 5.41) is 21.8. The summed E-state index contributed by atoms with van der Waals surface area (Å²) in [5.41, 5.74) is 1.62. The van der Waals surface area contributed by atoms with Crippen LogP contribution in [0.4, 0.5) is 5.69 Å². The summed E-state index contributed by atoms with van der Waals surface area (Å²) in [4.78, 5) is 0.